The van der Waals surface area contributed by atoms with E-state index in [2.05, 4.69) is 48.5 Å². The molecule has 2 amide bonds. The molecule has 0 bridgehead atoms. The first-order valence-corrected chi connectivity index (χ1v) is 15.8. The van der Waals surface area contributed by atoms with Crippen LogP contribution in [0.5, 0.6) is 0 Å². The second kappa shape index (κ2) is 16.2. The van der Waals surface area contributed by atoms with Gasteiger partial charge >= 0.3 is 0 Å². The van der Waals surface area contributed by atoms with E-state index in [1.807, 2.05) is 68.5 Å². The van der Waals surface area contributed by atoms with Gasteiger partial charge in [0.1, 0.15) is 16.6 Å². The summed E-state index contributed by atoms with van der Waals surface area (Å²) in [5.41, 5.74) is 3.57. The Morgan fingerprint density at radius 1 is 0.810 bits per heavy atom. The number of benzene rings is 2. The van der Waals surface area contributed by atoms with Gasteiger partial charge in [-0.2, -0.15) is 0 Å². The molecule has 4 rings (SSSR count). The number of amides is 2. The number of rotatable bonds is 16. The Hall–Kier alpha value is -3.58. The van der Waals surface area contributed by atoms with Gasteiger partial charge in [-0.05, 0) is 50.9 Å². The molecule has 4 aromatic rings. The lowest BCUT2D eigenvalue weighted by molar-refractivity contribution is -0.643. The summed E-state index contributed by atoms with van der Waals surface area (Å²) in [4.78, 5) is 27.3. The standard InChI is InChI=1S/C30H38N8O2S2/c1-31-20-23-14-8-7-13-22(23)17-18-25(39)32-29-36-34-26(41-29)15-9-10-16-27-35-37-30(42-27)33-28(40)24(38(2)3)19-21-11-5-4-6-12-21/h4-8,11-14,24,31H,9-10,15-20H2,1-3H3,(H,32,36,39)(H,33,37,40)/p+1. The fourth-order valence-corrected chi connectivity index (χ4v) is 6.13. The molecule has 0 radical (unpaired) electrons. The van der Waals surface area contributed by atoms with Gasteiger partial charge in [-0.15, -0.1) is 20.4 Å². The highest BCUT2D eigenvalue weighted by molar-refractivity contribution is 7.15. The Kier molecular flexibility index (Phi) is 12.1. The van der Waals surface area contributed by atoms with Gasteiger partial charge in [0.05, 0.1) is 13.1 Å². The number of hydrogen-bond acceptors (Lipinski definition) is 9. The quantitative estimate of drug-likeness (QED) is 0.167. The van der Waals surface area contributed by atoms with Gasteiger partial charge in [0.15, 0.2) is 0 Å². The van der Waals surface area contributed by atoms with E-state index in [-0.39, 0.29) is 17.9 Å². The average molecular weight is 608 g/mol. The minimum absolute atomic E-state index is 0.0517. The Morgan fingerprint density at radius 3 is 2.02 bits per heavy atom. The zero-order valence-corrected chi connectivity index (χ0v) is 26.0. The highest BCUT2D eigenvalue weighted by atomic mass is 32.1. The number of nitrogens with zero attached hydrogens (tertiary/aromatic N) is 5. The van der Waals surface area contributed by atoms with Crippen molar-refractivity contribution in [1.82, 2.24) is 25.3 Å². The lowest BCUT2D eigenvalue weighted by Crippen LogP contribution is -2.77. The number of quaternary nitrogens is 1. The summed E-state index contributed by atoms with van der Waals surface area (Å²) in [5, 5.41) is 27.6. The fraction of sp³-hybridized carbons (Fsp3) is 0.400. The van der Waals surface area contributed by atoms with E-state index in [1.165, 1.54) is 33.8 Å². The predicted octanol–water partition coefficient (Wildman–Crippen LogP) is 3.33. The van der Waals surface area contributed by atoms with Crippen LogP contribution in [0, 0.1) is 0 Å². The van der Waals surface area contributed by atoms with Crippen molar-refractivity contribution in [2.75, 3.05) is 31.8 Å². The topological polar surface area (TPSA) is 130 Å². The Labute approximate surface area is 255 Å². The van der Waals surface area contributed by atoms with Crippen LogP contribution < -0.4 is 16.0 Å². The number of likely N-dealkylation sites (N-methyl/N-ethyl adjacent to an activating group) is 1. The van der Waals surface area contributed by atoms with Crippen LogP contribution in [0.2, 0.25) is 0 Å². The number of unbranched alkanes of at least 4 members (excludes halogenated alkanes) is 1. The lowest BCUT2D eigenvalue weighted by atomic mass is 10.0. The molecule has 0 spiro atoms. The number of hydrogen-bond donors (Lipinski definition) is 3. The summed E-state index contributed by atoms with van der Waals surface area (Å²) in [5.74, 6) is -0.144. The molecule has 10 nitrogen and oxygen atoms in total. The van der Waals surface area contributed by atoms with Crippen molar-refractivity contribution in [2.45, 2.75) is 57.5 Å². The molecule has 1 unspecified atom stereocenters. The first kappa shape index (κ1) is 31.4. The van der Waals surface area contributed by atoms with Crippen LogP contribution in [-0.4, -0.2) is 64.3 Å². The molecule has 0 aliphatic heterocycles. The first-order chi connectivity index (χ1) is 20.4. The third kappa shape index (κ3) is 9.76. The van der Waals surface area contributed by atoms with E-state index < -0.39 is 0 Å². The molecule has 42 heavy (non-hydrogen) atoms. The van der Waals surface area contributed by atoms with Crippen LogP contribution in [0.25, 0.3) is 0 Å². The second-order valence-corrected chi connectivity index (χ2v) is 12.4. The number of nitrogens with two attached hydrogens (primary N) is 1. The molecule has 0 aliphatic rings. The number of aromatic nitrogens is 4. The van der Waals surface area contributed by atoms with E-state index in [9.17, 15) is 9.59 Å². The van der Waals surface area contributed by atoms with Crippen molar-refractivity contribution >= 4 is 44.8 Å². The third-order valence-electron chi connectivity index (χ3n) is 6.80. The van der Waals surface area contributed by atoms with Gasteiger partial charge in [0.2, 0.25) is 22.1 Å². The Balaban J connectivity index is 1.16. The molecule has 2 aromatic heterocycles. The summed E-state index contributed by atoms with van der Waals surface area (Å²) in [6, 6.07) is 17.9. The maximum absolute atomic E-state index is 12.9. The molecule has 222 valence electrons. The van der Waals surface area contributed by atoms with E-state index in [1.54, 1.807) is 0 Å². The molecule has 0 aliphatic carbocycles. The zero-order chi connectivity index (χ0) is 29.7. The molecule has 0 saturated carbocycles. The van der Waals surface area contributed by atoms with Crippen LogP contribution >= 0.6 is 22.7 Å². The third-order valence-corrected chi connectivity index (χ3v) is 8.60. The zero-order valence-electron chi connectivity index (χ0n) is 24.4. The first-order valence-electron chi connectivity index (χ1n) is 14.2. The normalized spacial score (nSPS) is 11.9. The lowest BCUT2D eigenvalue weighted by Gasteiger charge is -2.22. The molecule has 0 fully saturated rings. The molecule has 1 atom stereocenters. The number of aryl methyl sites for hydroxylation is 3. The van der Waals surface area contributed by atoms with E-state index in [0.717, 1.165) is 47.8 Å². The fourth-order valence-electron chi connectivity index (χ4n) is 4.55. The summed E-state index contributed by atoms with van der Waals surface area (Å²) in [6.07, 6.45) is 5.09. The second-order valence-electron chi connectivity index (χ2n) is 10.3. The average Bonchev–Trinajstić information content (AvgIpc) is 3.63. The van der Waals surface area contributed by atoms with Gasteiger partial charge in [0.25, 0.3) is 0 Å². The summed E-state index contributed by atoms with van der Waals surface area (Å²) >= 11 is 2.83. The van der Waals surface area contributed by atoms with Crippen molar-refractivity contribution in [1.29, 1.82) is 0 Å². The van der Waals surface area contributed by atoms with Crippen LogP contribution in [0.3, 0.4) is 0 Å². The molecular formula is C30H39N8O2S2+. The van der Waals surface area contributed by atoms with Crippen molar-refractivity contribution in [2.24, 2.45) is 0 Å². The summed E-state index contributed by atoms with van der Waals surface area (Å²) in [6.45, 7) is 0.903. The minimum Gasteiger partial charge on any atom is -0.345 e. The van der Waals surface area contributed by atoms with Gasteiger partial charge in [-0.25, -0.2) is 0 Å². The molecule has 2 aromatic carbocycles. The summed E-state index contributed by atoms with van der Waals surface area (Å²) < 4.78 is 0. The highest BCUT2D eigenvalue weighted by Crippen LogP contribution is 2.21. The van der Waals surface area contributed by atoms with E-state index >= 15 is 0 Å². The molecule has 12 heteroatoms. The largest absolute Gasteiger partial charge is 0.345 e. The number of nitrogens with one attached hydrogen (secondary N) is 2. The number of carbonyl (C=O) groups is 2. The SMILES string of the molecule is C[NH2+]Cc1ccccc1CCC(=O)Nc1nnc(CCCCc2nnc(NC(=O)C(Cc3ccccc3)N(C)C)s2)s1. The predicted molar refractivity (Wildman–Crippen MR) is 168 cm³/mol. The molecule has 4 N–H and O–H groups in total. The van der Waals surface area contributed by atoms with Crippen molar-refractivity contribution in [3.05, 3.63) is 81.3 Å². The number of carbonyl (C=O) groups excluding carboxylic acids is 2. The minimum atomic E-state index is -0.303. The summed E-state index contributed by atoms with van der Waals surface area (Å²) in [7, 11) is 5.85. The molecule has 2 heterocycles. The maximum atomic E-state index is 12.9. The van der Waals surface area contributed by atoms with Crippen LogP contribution in [0.15, 0.2) is 54.6 Å². The highest BCUT2D eigenvalue weighted by Gasteiger charge is 2.22. The Bertz CT molecular complexity index is 1420. The van der Waals surface area contributed by atoms with Crippen molar-refractivity contribution < 1.29 is 14.9 Å². The monoisotopic (exact) mass is 607 g/mol. The smallest absolute Gasteiger partial charge is 0.243 e. The van der Waals surface area contributed by atoms with Crippen molar-refractivity contribution in [3.8, 4) is 0 Å². The number of anilines is 2. The van der Waals surface area contributed by atoms with Crippen LogP contribution in [-0.2, 0) is 41.8 Å². The van der Waals surface area contributed by atoms with Crippen molar-refractivity contribution in [3.63, 3.8) is 0 Å². The van der Waals surface area contributed by atoms with Gasteiger partial charge in [-0.3, -0.25) is 19.8 Å². The van der Waals surface area contributed by atoms with E-state index in [0.29, 0.717) is 29.5 Å². The molecule has 0 saturated heterocycles. The Morgan fingerprint density at radius 2 is 1.40 bits per heavy atom. The maximum Gasteiger partial charge on any atom is 0.243 e. The van der Waals surface area contributed by atoms with Crippen LogP contribution in [0.4, 0.5) is 10.3 Å². The van der Waals surface area contributed by atoms with Gasteiger partial charge < -0.3 is 10.6 Å². The molecular weight excluding hydrogens is 569 g/mol. The van der Waals surface area contributed by atoms with Crippen LogP contribution in [0.1, 0.15) is 46.0 Å². The van der Waals surface area contributed by atoms with Gasteiger partial charge in [0, 0.05) is 24.8 Å². The van der Waals surface area contributed by atoms with Gasteiger partial charge in [-0.1, -0.05) is 77.3 Å². The van der Waals surface area contributed by atoms with E-state index in [4.69, 9.17) is 0 Å².